The van der Waals surface area contributed by atoms with E-state index < -0.39 is 17.7 Å². The number of nitrogens with zero attached hydrogens (tertiary/aromatic N) is 1. The van der Waals surface area contributed by atoms with E-state index in [1.54, 1.807) is 24.3 Å². The van der Waals surface area contributed by atoms with Gasteiger partial charge in [-0.05, 0) is 56.7 Å². The van der Waals surface area contributed by atoms with Crippen LogP contribution in [0.5, 0.6) is 0 Å². The first-order valence-electron chi connectivity index (χ1n) is 8.74. The fourth-order valence-electron chi connectivity index (χ4n) is 2.68. The molecule has 0 spiro atoms. The minimum absolute atomic E-state index is 0.137. The molecule has 0 saturated heterocycles. The van der Waals surface area contributed by atoms with E-state index in [4.69, 9.17) is 5.73 Å². The molecule has 0 atom stereocenters. The van der Waals surface area contributed by atoms with Gasteiger partial charge in [-0.25, -0.2) is 0 Å². The molecule has 7 nitrogen and oxygen atoms in total. The first kappa shape index (κ1) is 20.0. The molecular formula is C20H24N4O3. The Kier molecular flexibility index (Phi) is 6.54. The maximum absolute atomic E-state index is 12.1. The first-order chi connectivity index (χ1) is 12.9. The molecule has 0 aliphatic carbocycles. The second kappa shape index (κ2) is 8.84. The van der Waals surface area contributed by atoms with Crippen LogP contribution in [0.15, 0.2) is 42.5 Å². The van der Waals surface area contributed by atoms with Gasteiger partial charge in [0.2, 0.25) is 0 Å². The molecule has 0 heterocycles. The molecular weight excluding hydrogens is 344 g/mol. The van der Waals surface area contributed by atoms with E-state index in [0.717, 1.165) is 24.3 Å². The summed E-state index contributed by atoms with van der Waals surface area (Å²) in [5, 5.41) is 4.58. The molecule has 0 aliphatic heterocycles. The first-order valence-corrected chi connectivity index (χ1v) is 8.74. The van der Waals surface area contributed by atoms with Crippen LogP contribution in [0.4, 0.5) is 17.1 Å². The zero-order valence-electron chi connectivity index (χ0n) is 15.7. The Bertz CT molecular complexity index is 860. The molecule has 142 valence electrons. The van der Waals surface area contributed by atoms with E-state index in [2.05, 4.69) is 24.1 Å². The molecule has 27 heavy (non-hydrogen) atoms. The molecule has 2 rings (SSSR count). The van der Waals surface area contributed by atoms with Crippen molar-refractivity contribution in [2.75, 3.05) is 29.0 Å². The number of carbonyl (C=O) groups is 3. The molecule has 2 aromatic rings. The number of hydrogen-bond acceptors (Lipinski definition) is 5. The summed E-state index contributed by atoms with van der Waals surface area (Å²) in [6, 6.07) is 11.9. The van der Waals surface area contributed by atoms with Crippen LogP contribution in [-0.2, 0) is 9.59 Å². The third-order valence-corrected chi connectivity index (χ3v) is 4.23. The number of nitrogens with one attached hydrogen (secondary N) is 2. The van der Waals surface area contributed by atoms with Crippen molar-refractivity contribution in [3.8, 4) is 0 Å². The van der Waals surface area contributed by atoms with Gasteiger partial charge >= 0.3 is 11.8 Å². The summed E-state index contributed by atoms with van der Waals surface area (Å²) in [6.07, 6.45) is 0. The van der Waals surface area contributed by atoms with Crippen LogP contribution in [0.1, 0.15) is 29.8 Å². The number of imide groups is 1. The summed E-state index contributed by atoms with van der Waals surface area (Å²) in [5.41, 5.74) is 8.43. The molecule has 7 heteroatoms. The van der Waals surface area contributed by atoms with Gasteiger partial charge in [0.05, 0.1) is 5.56 Å². The highest BCUT2D eigenvalue weighted by molar-refractivity contribution is 6.42. The summed E-state index contributed by atoms with van der Waals surface area (Å²) >= 11 is 0. The predicted octanol–water partition coefficient (Wildman–Crippen LogP) is 2.32. The Balaban J connectivity index is 2.05. The van der Waals surface area contributed by atoms with Crippen molar-refractivity contribution >= 4 is 34.8 Å². The van der Waals surface area contributed by atoms with Crippen molar-refractivity contribution in [1.29, 1.82) is 0 Å². The molecule has 0 unspecified atom stereocenters. The predicted molar refractivity (Wildman–Crippen MR) is 107 cm³/mol. The molecule has 0 fully saturated rings. The smallest absolute Gasteiger partial charge is 0.316 e. The molecule has 0 bridgehead atoms. The Morgan fingerprint density at radius 2 is 1.67 bits per heavy atom. The number of aryl methyl sites for hydroxylation is 1. The quantitative estimate of drug-likeness (QED) is 0.555. The van der Waals surface area contributed by atoms with E-state index in [0.29, 0.717) is 5.69 Å². The lowest BCUT2D eigenvalue weighted by Gasteiger charge is -2.22. The standard InChI is InChI=1S/C20H24N4O3/c1-4-24(5-2)14-10-11-17(13(3)12-14)22-19(26)20(27)23-18(25)15-8-6-7-9-16(15)21/h6-12H,4-5,21H2,1-3H3,(H,22,26)(H,23,25,27). The van der Waals surface area contributed by atoms with Gasteiger partial charge in [-0.2, -0.15) is 0 Å². The highest BCUT2D eigenvalue weighted by Crippen LogP contribution is 2.22. The Hall–Kier alpha value is -3.35. The highest BCUT2D eigenvalue weighted by atomic mass is 16.2. The van der Waals surface area contributed by atoms with Gasteiger partial charge < -0.3 is 16.0 Å². The number of hydrogen-bond donors (Lipinski definition) is 3. The van der Waals surface area contributed by atoms with Gasteiger partial charge in [0, 0.05) is 30.2 Å². The Morgan fingerprint density at radius 1 is 1.00 bits per heavy atom. The van der Waals surface area contributed by atoms with Crippen molar-refractivity contribution < 1.29 is 14.4 Å². The normalized spacial score (nSPS) is 10.2. The van der Waals surface area contributed by atoms with Crippen LogP contribution in [0.3, 0.4) is 0 Å². The molecule has 0 aromatic heterocycles. The minimum atomic E-state index is -1.05. The van der Waals surface area contributed by atoms with E-state index in [1.165, 1.54) is 6.07 Å². The van der Waals surface area contributed by atoms with Crippen LogP contribution in [0.2, 0.25) is 0 Å². The average Bonchev–Trinajstić information content (AvgIpc) is 2.65. The monoisotopic (exact) mass is 368 g/mol. The third kappa shape index (κ3) is 4.84. The van der Waals surface area contributed by atoms with E-state index in [1.807, 2.05) is 24.4 Å². The Labute approximate surface area is 158 Å². The molecule has 2 aromatic carbocycles. The lowest BCUT2D eigenvalue weighted by atomic mass is 10.1. The van der Waals surface area contributed by atoms with Crippen molar-refractivity contribution in [3.05, 3.63) is 53.6 Å². The van der Waals surface area contributed by atoms with Gasteiger partial charge in [0.15, 0.2) is 0 Å². The van der Waals surface area contributed by atoms with Crippen LogP contribution >= 0.6 is 0 Å². The van der Waals surface area contributed by atoms with Gasteiger partial charge in [0.1, 0.15) is 0 Å². The number of para-hydroxylation sites is 1. The van der Waals surface area contributed by atoms with E-state index in [9.17, 15) is 14.4 Å². The van der Waals surface area contributed by atoms with Gasteiger partial charge in [-0.3, -0.25) is 19.7 Å². The molecule has 3 amide bonds. The van der Waals surface area contributed by atoms with Gasteiger partial charge in [-0.1, -0.05) is 12.1 Å². The second-order valence-corrected chi connectivity index (χ2v) is 6.00. The zero-order valence-corrected chi connectivity index (χ0v) is 15.7. The maximum atomic E-state index is 12.1. The largest absolute Gasteiger partial charge is 0.398 e. The van der Waals surface area contributed by atoms with Crippen LogP contribution < -0.4 is 21.3 Å². The zero-order chi connectivity index (χ0) is 20.0. The van der Waals surface area contributed by atoms with Crippen LogP contribution in [-0.4, -0.2) is 30.8 Å². The SMILES string of the molecule is CCN(CC)c1ccc(NC(=O)C(=O)NC(=O)c2ccccc2N)c(C)c1. The fraction of sp³-hybridized carbons (Fsp3) is 0.250. The number of rotatable bonds is 5. The average molecular weight is 368 g/mol. The number of amides is 3. The third-order valence-electron chi connectivity index (χ3n) is 4.23. The summed E-state index contributed by atoms with van der Waals surface area (Å²) in [4.78, 5) is 38.4. The van der Waals surface area contributed by atoms with Crippen molar-refractivity contribution in [3.63, 3.8) is 0 Å². The van der Waals surface area contributed by atoms with Gasteiger partial charge in [0.25, 0.3) is 5.91 Å². The number of carbonyl (C=O) groups excluding carboxylic acids is 3. The fourth-order valence-corrected chi connectivity index (χ4v) is 2.68. The summed E-state index contributed by atoms with van der Waals surface area (Å²) in [5.74, 6) is -2.69. The lowest BCUT2D eigenvalue weighted by molar-refractivity contribution is -0.135. The molecule has 0 radical (unpaired) electrons. The molecule has 4 N–H and O–H groups in total. The molecule has 0 aliphatic rings. The van der Waals surface area contributed by atoms with Crippen molar-refractivity contribution in [2.45, 2.75) is 20.8 Å². The second-order valence-electron chi connectivity index (χ2n) is 6.00. The maximum Gasteiger partial charge on any atom is 0.316 e. The topological polar surface area (TPSA) is 105 Å². The molecule has 0 saturated carbocycles. The number of nitrogens with two attached hydrogens (primary N) is 1. The number of anilines is 3. The highest BCUT2D eigenvalue weighted by Gasteiger charge is 2.20. The minimum Gasteiger partial charge on any atom is -0.398 e. The van der Waals surface area contributed by atoms with E-state index >= 15 is 0 Å². The lowest BCUT2D eigenvalue weighted by Crippen LogP contribution is -2.39. The summed E-state index contributed by atoms with van der Waals surface area (Å²) in [7, 11) is 0. The van der Waals surface area contributed by atoms with Crippen molar-refractivity contribution in [2.24, 2.45) is 0 Å². The van der Waals surface area contributed by atoms with E-state index in [-0.39, 0.29) is 11.3 Å². The number of nitrogen functional groups attached to an aromatic ring is 1. The van der Waals surface area contributed by atoms with Crippen LogP contribution in [0.25, 0.3) is 0 Å². The summed E-state index contributed by atoms with van der Waals surface area (Å²) in [6.45, 7) is 7.71. The summed E-state index contributed by atoms with van der Waals surface area (Å²) < 4.78 is 0. The number of benzene rings is 2. The Morgan fingerprint density at radius 3 is 2.26 bits per heavy atom. The van der Waals surface area contributed by atoms with Crippen LogP contribution in [0, 0.1) is 6.92 Å². The van der Waals surface area contributed by atoms with Gasteiger partial charge in [-0.15, -0.1) is 0 Å². The van der Waals surface area contributed by atoms with Crippen molar-refractivity contribution in [1.82, 2.24) is 5.32 Å².